The van der Waals surface area contributed by atoms with E-state index in [4.69, 9.17) is 0 Å². The second-order valence-corrected chi connectivity index (χ2v) is 5.08. The Hall–Kier alpha value is -2.44. The molecule has 0 aliphatic rings. The highest BCUT2D eigenvalue weighted by Crippen LogP contribution is 2.07. The lowest BCUT2D eigenvalue weighted by molar-refractivity contribution is -0.145. The molecule has 0 saturated heterocycles. The van der Waals surface area contributed by atoms with Gasteiger partial charge in [-0.2, -0.15) is 0 Å². The number of benzene rings is 1. The molecule has 0 bridgehead atoms. The summed E-state index contributed by atoms with van der Waals surface area (Å²) in [6, 6.07) is 4.06. The van der Waals surface area contributed by atoms with E-state index in [1.165, 1.54) is 32.2 Å². The topological polar surface area (TPSA) is 84.5 Å². The molecule has 0 radical (unpaired) electrons. The zero-order valence-electron chi connectivity index (χ0n) is 13.4. The van der Waals surface area contributed by atoms with Gasteiger partial charge < -0.3 is 15.4 Å². The predicted molar refractivity (Wildman–Crippen MR) is 81.9 cm³/mol. The first-order valence-electron chi connectivity index (χ1n) is 7.27. The Kier molecular flexibility index (Phi) is 7.18. The molecule has 0 aromatic heterocycles. The van der Waals surface area contributed by atoms with Crippen molar-refractivity contribution in [3.8, 4) is 0 Å². The van der Waals surface area contributed by atoms with E-state index in [0.29, 0.717) is 12.0 Å². The fourth-order valence-corrected chi connectivity index (χ4v) is 2.10. The Morgan fingerprint density at radius 2 is 1.91 bits per heavy atom. The van der Waals surface area contributed by atoms with Gasteiger partial charge in [-0.3, -0.25) is 9.59 Å². The van der Waals surface area contributed by atoms with Crippen molar-refractivity contribution >= 4 is 17.8 Å². The highest BCUT2D eigenvalue weighted by atomic mass is 19.1. The molecule has 2 atom stereocenters. The maximum Gasteiger partial charge on any atom is 0.328 e. The van der Waals surface area contributed by atoms with Crippen molar-refractivity contribution in [3.63, 3.8) is 0 Å². The minimum atomic E-state index is -0.909. The summed E-state index contributed by atoms with van der Waals surface area (Å²) in [7, 11) is 1.23. The molecule has 0 aliphatic heterocycles. The molecule has 0 aliphatic carbocycles. The first kappa shape index (κ1) is 18.6. The molecule has 0 saturated carbocycles. The van der Waals surface area contributed by atoms with Gasteiger partial charge in [0.1, 0.15) is 17.9 Å². The van der Waals surface area contributed by atoms with Crippen LogP contribution in [0.25, 0.3) is 0 Å². The van der Waals surface area contributed by atoms with E-state index in [0.717, 1.165) is 0 Å². The summed E-state index contributed by atoms with van der Waals surface area (Å²) >= 11 is 0. The number of hydrogen-bond donors (Lipinski definition) is 2. The summed E-state index contributed by atoms with van der Waals surface area (Å²) in [6.07, 6.45) is 0.464. The number of carbonyl (C=O) groups is 3. The number of carbonyl (C=O) groups excluding carboxylic acids is 3. The van der Waals surface area contributed by atoms with Gasteiger partial charge in [-0.05, 0) is 24.1 Å². The van der Waals surface area contributed by atoms with Crippen LogP contribution in [0.1, 0.15) is 25.8 Å². The number of ether oxygens (including phenoxy) is 1. The van der Waals surface area contributed by atoms with Crippen molar-refractivity contribution in [1.29, 1.82) is 0 Å². The fraction of sp³-hybridized carbons (Fsp3) is 0.438. The monoisotopic (exact) mass is 324 g/mol. The van der Waals surface area contributed by atoms with Crippen molar-refractivity contribution in [1.82, 2.24) is 10.6 Å². The molecule has 1 aromatic carbocycles. The third kappa shape index (κ3) is 6.06. The molecule has 0 heterocycles. The van der Waals surface area contributed by atoms with Gasteiger partial charge >= 0.3 is 5.97 Å². The smallest absolute Gasteiger partial charge is 0.328 e. The van der Waals surface area contributed by atoms with E-state index in [1.807, 2.05) is 0 Å². The van der Waals surface area contributed by atoms with E-state index in [9.17, 15) is 18.8 Å². The molecule has 1 rings (SSSR count). The molecule has 1 aromatic rings. The third-order valence-electron chi connectivity index (χ3n) is 3.23. The maximum absolute atomic E-state index is 13.2. The zero-order valence-corrected chi connectivity index (χ0v) is 13.4. The van der Waals surface area contributed by atoms with Crippen LogP contribution in [-0.2, 0) is 25.5 Å². The zero-order chi connectivity index (χ0) is 17.4. The largest absolute Gasteiger partial charge is 0.467 e. The van der Waals surface area contributed by atoms with E-state index < -0.39 is 35.7 Å². The molecule has 7 heteroatoms. The van der Waals surface area contributed by atoms with E-state index in [-0.39, 0.29) is 6.42 Å². The number of esters is 1. The van der Waals surface area contributed by atoms with Crippen molar-refractivity contribution in [3.05, 3.63) is 35.6 Å². The van der Waals surface area contributed by atoms with Crippen LogP contribution in [-0.4, -0.2) is 37.0 Å². The summed E-state index contributed by atoms with van der Waals surface area (Å²) in [6.45, 7) is 3.01. The van der Waals surface area contributed by atoms with Crippen LogP contribution >= 0.6 is 0 Å². The first-order chi connectivity index (χ1) is 10.9. The summed E-state index contributed by atoms with van der Waals surface area (Å²) in [5.74, 6) is -1.91. The molecule has 0 unspecified atom stereocenters. The van der Waals surface area contributed by atoms with Crippen molar-refractivity contribution in [2.24, 2.45) is 0 Å². The number of hydrogen-bond acceptors (Lipinski definition) is 4. The number of halogens is 1. The molecule has 126 valence electrons. The lowest BCUT2D eigenvalue weighted by atomic mass is 10.0. The Labute approximate surface area is 134 Å². The minimum absolute atomic E-state index is 0.112. The second kappa shape index (κ2) is 8.87. The van der Waals surface area contributed by atoms with Crippen LogP contribution < -0.4 is 10.6 Å². The highest BCUT2D eigenvalue weighted by Gasteiger charge is 2.25. The fourth-order valence-electron chi connectivity index (χ4n) is 2.10. The SMILES string of the molecule is CC[C@@H](NC(=O)[C@H](Cc1cccc(F)c1)NC(C)=O)C(=O)OC. The predicted octanol–water partition coefficient (Wildman–Crippen LogP) is 0.941. The lowest BCUT2D eigenvalue weighted by Crippen LogP contribution is -2.52. The van der Waals surface area contributed by atoms with Crippen LogP contribution in [0.5, 0.6) is 0 Å². The molecule has 23 heavy (non-hydrogen) atoms. The lowest BCUT2D eigenvalue weighted by Gasteiger charge is -2.21. The molecular formula is C16H21FN2O4. The van der Waals surface area contributed by atoms with Crippen LogP contribution in [0.4, 0.5) is 4.39 Å². The molecule has 2 amide bonds. The van der Waals surface area contributed by atoms with E-state index in [1.54, 1.807) is 13.0 Å². The van der Waals surface area contributed by atoms with Gasteiger partial charge in [-0.1, -0.05) is 19.1 Å². The van der Waals surface area contributed by atoms with Crippen LogP contribution in [0, 0.1) is 5.82 Å². The van der Waals surface area contributed by atoms with Crippen LogP contribution in [0.3, 0.4) is 0 Å². The van der Waals surface area contributed by atoms with E-state index >= 15 is 0 Å². The average molecular weight is 324 g/mol. The quantitative estimate of drug-likeness (QED) is 0.731. The van der Waals surface area contributed by atoms with Gasteiger partial charge in [-0.15, -0.1) is 0 Å². The van der Waals surface area contributed by atoms with Gasteiger partial charge in [0.25, 0.3) is 0 Å². The maximum atomic E-state index is 13.2. The Morgan fingerprint density at radius 3 is 2.43 bits per heavy atom. The third-order valence-corrected chi connectivity index (χ3v) is 3.23. The summed E-state index contributed by atoms with van der Waals surface area (Å²) in [5, 5.41) is 5.04. The van der Waals surface area contributed by atoms with Crippen molar-refractivity contribution in [2.75, 3.05) is 7.11 Å². The van der Waals surface area contributed by atoms with Gasteiger partial charge in [0.15, 0.2) is 0 Å². The molecular weight excluding hydrogens is 303 g/mol. The van der Waals surface area contributed by atoms with Gasteiger partial charge in [0.2, 0.25) is 11.8 Å². The number of amides is 2. The van der Waals surface area contributed by atoms with E-state index in [2.05, 4.69) is 15.4 Å². The van der Waals surface area contributed by atoms with Gasteiger partial charge in [0, 0.05) is 13.3 Å². The Bertz CT molecular complexity index is 577. The summed E-state index contributed by atoms with van der Waals surface area (Å²) < 4.78 is 17.9. The van der Waals surface area contributed by atoms with Gasteiger partial charge in [-0.25, -0.2) is 9.18 Å². The van der Waals surface area contributed by atoms with Crippen molar-refractivity contribution < 1.29 is 23.5 Å². The number of methoxy groups -OCH3 is 1. The Morgan fingerprint density at radius 1 is 1.22 bits per heavy atom. The Balaban J connectivity index is 2.85. The summed E-state index contributed by atoms with van der Waals surface area (Å²) in [4.78, 5) is 35.2. The minimum Gasteiger partial charge on any atom is -0.467 e. The second-order valence-electron chi connectivity index (χ2n) is 5.08. The van der Waals surface area contributed by atoms with Crippen LogP contribution in [0.15, 0.2) is 24.3 Å². The average Bonchev–Trinajstić information content (AvgIpc) is 2.50. The molecule has 0 fully saturated rings. The highest BCUT2D eigenvalue weighted by molar-refractivity contribution is 5.90. The van der Waals surface area contributed by atoms with Gasteiger partial charge in [0.05, 0.1) is 7.11 Å². The molecule has 0 spiro atoms. The normalized spacial score (nSPS) is 12.9. The van der Waals surface area contributed by atoms with Crippen molar-refractivity contribution in [2.45, 2.75) is 38.8 Å². The number of nitrogens with one attached hydrogen (secondary N) is 2. The van der Waals surface area contributed by atoms with Crippen LogP contribution in [0.2, 0.25) is 0 Å². The molecule has 2 N–H and O–H groups in total. The standard InChI is InChI=1S/C16H21FN2O4/c1-4-13(16(22)23-3)19-15(21)14(18-10(2)20)9-11-6-5-7-12(17)8-11/h5-8,13-14H,4,9H2,1-3H3,(H,18,20)(H,19,21)/t13-,14+/m1/s1. The summed E-state index contributed by atoms with van der Waals surface area (Å²) in [5.41, 5.74) is 0.560. The molecule has 6 nitrogen and oxygen atoms in total. The number of rotatable bonds is 7. The first-order valence-corrected chi connectivity index (χ1v) is 7.27.